The molecular formula is C20H19N3O4S. The largest absolute Gasteiger partial charge is 0.497 e. The summed E-state index contributed by atoms with van der Waals surface area (Å²) in [6.45, 7) is 2.37. The molecule has 8 heteroatoms. The van der Waals surface area contributed by atoms with Crippen molar-refractivity contribution in [2.45, 2.75) is 13.3 Å². The Morgan fingerprint density at radius 1 is 1.25 bits per heavy atom. The highest BCUT2D eigenvalue weighted by Gasteiger charge is 2.13. The number of nitrogens with zero attached hydrogens (tertiary/aromatic N) is 2. The van der Waals surface area contributed by atoms with Crippen molar-refractivity contribution in [3.8, 4) is 16.3 Å². The second kappa shape index (κ2) is 8.62. The van der Waals surface area contributed by atoms with Gasteiger partial charge in [0.05, 0.1) is 17.7 Å². The number of benzene rings is 2. The Morgan fingerprint density at radius 3 is 2.68 bits per heavy atom. The van der Waals surface area contributed by atoms with Gasteiger partial charge in [-0.25, -0.2) is 4.98 Å². The fourth-order valence-corrected chi connectivity index (χ4v) is 3.74. The molecule has 0 aliphatic rings. The summed E-state index contributed by atoms with van der Waals surface area (Å²) in [4.78, 5) is 28.2. The van der Waals surface area contributed by atoms with Crippen molar-refractivity contribution in [2.24, 2.45) is 0 Å². The zero-order chi connectivity index (χ0) is 20.1. The van der Waals surface area contributed by atoms with Crippen LogP contribution >= 0.6 is 11.3 Å². The first-order valence-corrected chi connectivity index (χ1v) is 9.43. The minimum Gasteiger partial charge on any atom is -0.497 e. The number of nitro benzene ring substituents is 1. The van der Waals surface area contributed by atoms with Crippen LogP contribution in [-0.4, -0.2) is 29.5 Å². The number of aryl methyl sites for hydroxylation is 1. The highest BCUT2D eigenvalue weighted by Crippen LogP contribution is 2.29. The molecule has 0 fully saturated rings. The SMILES string of the molecule is COc1ccc(-c2nc(C)c(CCNC(=O)c3cccc([N+](=O)[O-])c3)s2)cc1. The Labute approximate surface area is 166 Å². The van der Waals surface area contributed by atoms with E-state index in [4.69, 9.17) is 4.74 Å². The van der Waals surface area contributed by atoms with Gasteiger partial charge in [-0.1, -0.05) is 6.07 Å². The van der Waals surface area contributed by atoms with Crippen LogP contribution in [0.2, 0.25) is 0 Å². The molecule has 1 aromatic heterocycles. The van der Waals surface area contributed by atoms with Crippen LogP contribution < -0.4 is 10.1 Å². The normalized spacial score (nSPS) is 10.5. The van der Waals surface area contributed by atoms with Crippen LogP contribution in [0.4, 0.5) is 5.69 Å². The maximum Gasteiger partial charge on any atom is 0.270 e. The van der Waals surface area contributed by atoms with Crippen LogP contribution in [-0.2, 0) is 6.42 Å². The summed E-state index contributed by atoms with van der Waals surface area (Å²) in [5.74, 6) is 0.461. The third kappa shape index (κ3) is 4.52. The molecule has 0 spiro atoms. The predicted molar refractivity (Wildman–Crippen MR) is 108 cm³/mol. The van der Waals surface area contributed by atoms with Crippen molar-refractivity contribution in [2.75, 3.05) is 13.7 Å². The molecule has 7 nitrogen and oxygen atoms in total. The van der Waals surface area contributed by atoms with Gasteiger partial charge in [0, 0.05) is 41.1 Å². The average Bonchev–Trinajstić information content (AvgIpc) is 3.08. The molecule has 144 valence electrons. The maximum absolute atomic E-state index is 12.2. The van der Waals surface area contributed by atoms with Crippen molar-refractivity contribution in [3.63, 3.8) is 0 Å². The fraction of sp³-hybridized carbons (Fsp3) is 0.200. The highest BCUT2D eigenvalue weighted by atomic mass is 32.1. The maximum atomic E-state index is 12.2. The lowest BCUT2D eigenvalue weighted by Gasteiger charge is -2.04. The predicted octanol–water partition coefficient (Wildman–Crippen LogP) is 4.01. The lowest BCUT2D eigenvalue weighted by molar-refractivity contribution is -0.384. The molecule has 3 rings (SSSR count). The van der Waals surface area contributed by atoms with E-state index >= 15 is 0 Å². The molecule has 28 heavy (non-hydrogen) atoms. The number of thiazole rings is 1. The molecule has 0 unspecified atom stereocenters. The molecule has 0 aliphatic heterocycles. The number of aromatic nitrogens is 1. The van der Waals surface area contributed by atoms with E-state index in [-0.39, 0.29) is 17.2 Å². The van der Waals surface area contributed by atoms with Gasteiger partial charge in [-0.2, -0.15) is 0 Å². The van der Waals surface area contributed by atoms with E-state index in [1.807, 2.05) is 31.2 Å². The van der Waals surface area contributed by atoms with Crippen LogP contribution in [0.5, 0.6) is 5.75 Å². The first-order chi connectivity index (χ1) is 13.5. The minimum atomic E-state index is -0.516. The molecule has 0 atom stereocenters. The van der Waals surface area contributed by atoms with E-state index in [1.54, 1.807) is 24.5 Å². The molecule has 0 saturated carbocycles. The third-order valence-electron chi connectivity index (χ3n) is 4.19. The van der Waals surface area contributed by atoms with Crippen LogP contribution in [0.1, 0.15) is 20.9 Å². The van der Waals surface area contributed by atoms with Crippen LogP contribution in [0, 0.1) is 17.0 Å². The van der Waals surface area contributed by atoms with Crippen LogP contribution in [0.15, 0.2) is 48.5 Å². The topological polar surface area (TPSA) is 94.4 Å². The molecule has 0 aliphatic carbocycles. The first-order valence-electron chi connectivity index (χ1n) is 8.61. The van der Waals surface area contributed by atoms with E-state index < -0.39 is 4.92 Å². The number of carbonyl (C=O) groups excluding carboxylic acids is 1. The molecule has 1 heterocycles. The molecule has 1 N–H and O–H groups in total. The Morgan fingerprint density at radius 2 is 2.00 bits per heavy atom. The van der Waals surface area contributed by atoms with Gasteiger partial charge in [-0.05, 0) is 37.3 Å². The van der Waals surface area contributed by atoms with Gasteiger partial charge in [0.1, 0.15) is 10.8 Å². The first kappa shape index (κ1) is 19.5. The van der Waals surface area contributed by atoms with Crippen LogP contribution in [0.25, 0.3) is 10.6 Å². The minimum absolute atomic E-state index is 0.102. The van der Waals surface area contributed by atoms with Gasteiger partial charge in [-0.15, -0.1) is 11.3 Å². The summed E-state index contributed by atoms with van der Waals surface area (Å²) in [6.07, 6.45) is 0.639. The van der Waals surface area contributed by atoms with Crippen molar-refractivity contribution in [1.82, 2.24) is 10.3 Å². The number of amides is 1. The van der Waals surface area contributed by atoms with E-state index in [9.17, 15) is 14.9 Å². The zero-order valence-corrected chi connectivity index (χ0v) is 16.3. The van der Waals surface area contributed by atoms with Crippen molar-refractivity contribution in [1.29, 1.82) is 0 Å². The summed E-state index contributed by atoms with van der Waals surface area (Å²) >= 11 is 1.59. The molecule has 0 bridgehead atoms. The molecule has 0 radical (unpaired) electrons. The lowest BCUT2D eigenvalue weighted by Crippen LogP contribution is -2.25. The number of nitro groups is 1. The van der Waals surface area contributed by atoms with Gasteiger partial charge >= 0.3 is 0 Å². The Hall–Kier alpha value is -3.26. The quantitative estimate of drug-likeness (QED) is 0.480. The summed E-state index contributed by atoms with van der Waals surface area (Å²) in [5.41, 5.74) is 2.12. The number of nitrogens with one attached hydrogen (secondary N) is 1. The number of hydrogen-bond acceptors (Lipinski definition) is 6. The average molecular weight is 397 g/mol. The Balaban J connectivity index is 1.62. The van der Waals surface area contributed by atoms with Gasteiger partial charge in [0.15, 0.2) is 0 Å². The Kier molecular flexibility index (Phi) is 6.00. The van der Waals surface area contributed by atoms with Gasteiger partial charge in [0.2, 0.25) is 0 Å². The van der Waals surface area contributed by atoms with E-state index in [2.05, 4.69) is 10.3 Å². The number of ether oxygens (including phenoxy) is 1. The number of non-ortho nitro benzene ring substituents is 1. The smallest absolute Gasteiger partial charge is 0.270 e. The second-order valence-electron chi connectivity index (χ2n) is 6.07. The van der Waals surface area contributed by atoms with E-state index in [0.29, 0.717) is 13.0 Å². The van der Waals surface area contributed by atoms with E-state index in [0.717, 1.165) is 26.9 Å². The van der Waals surface area contributed by atoms with Gasteiger partial charge < -0.3 is 10.1 Å². The monoisotopic (exact) mass is 397 g/mol. The number of carbonyl (C=O) groups is 1. The lowest BCUT2D eigenvalue weighted by atomic mass is 10.2. The number of methoxy groups -OCH3 is 1. The fourth-order valence-electron chi connectivity index (χ4n) is 2.67. The number of hydrogen-bond donors (Lipinski definition) is 1. The molecule has 2 aromatic carbocycles. The van der Waals surface area contributed by atoms with Gasteiger partial charge in [0.25, 0.3) is 11.6 Å². The third-order valence-corrected chi connectivity index (χ3v) is 5.45. The van der Waals surface area contributed by atoms with Crippen molar-refractivity contribution >= 4 is 22.9 Å². The van der Waals surface area contributed by atoms with Gasteiger partial charge in [-0.3, -0.25) is 14.9 Å². The molecule has 3 aromatic rings. The number of rotatable bonds is 7. The molecule has 0 saturated heterocycles. The summed E-state index contributed by atoms with van der Waals surface area (Å²) in [6, 6.07) is 13.4. The highest BCUT2D eigenvalue weighted by molar-refractivity contribution is 7.15. The second-order valence-corrected chi connectivity index (χ2v) is 7.15. The molecule has 1 amide bonds. The Bertz CT molecular complexity index is 999. The van der Waals surface area contributed by atoms with Crippen molar-refractivity contribution in [3.05, 3.63) is 74.8 Å². The summed E-state index contributed by atoms with van der Waals surface area (Å²) in [7, 11) is 1.63. The molecular weight excluding hydrogens is 378 g/mol. The van der Waals surface area contributed by atoms with Crippen LogP contribution in [0.3, 0.4) is 0 Å². The summed E-state index contributed by atoms with van der Waals surface area (Å²) in [5, 5.41) is 14.6. The summed E-state index contributed by atoms with van der Waals surface area (Å²) < 4.78 is 5.17. The zero-order valence-electron chi connectivity index (χ0n) is 15.5. The van der Waals surface area contributed by atoms with Crippen molar-refractivity contribution < 1.29 is 14.5 Å². The van der Waals surface area contributed by atoms with E-state index in [1.165, 1.54) is 18.2 Å². The standard InChI is InChI=1S/C20H19N3O4S/c1-13-18(28-20(22-13)14-6-8-17(27-2)9-7-14)10-11-21-19(24)15-4-3-5-16(12-15)23(25)26/h3-9,12H,10-11H2,1-2H3,(H,21,24).